The Hall–Kier alpha value is -4.14. The van der Waals surface area contributed by atoms with Gasteiger partial charge < -0.3 is 19.5 Å². The van der Waals surface area contributed by atoms with Crippen molar-refractivity contribution < 1.29 is 19.0 Å². The molecular formula is C24H25N5O4. The number of hydrogen-bond acceptors (Lipinski definition) is 7. The van der Waals surface area contributed by atoms with Gasteiger partial charge in [0, 0.05) is 6.07 Å². The molecule has 0 saturated carbocycles. The summed E-state index contributed by atoms with van der Waals surface area (Å²) in [6, 6.07) is 16.9. The van der Waals surface area contributed by atoms with Crippen LogP contribution in [-0.4, -0.2) is 52.6 Å². The first-order valence-corrected chi connectivity index (χ1v) is 10.5. The highest BCUT2D eigenvalue weighted by molar-refractivity contribution is 5.77. The molecule has 33 heavy (non-hydrogen) atoms. The first-order chi connectivity index (χ1) is 16.1. The summed E-state index contributed by atoms with van der Waals surface area (Å²) in [4.78, 5) is 12.1. The maximum Gasteiger partial charge on any atom is 0.258 e. The van der Waals surface area contributed by atoms with Crippen LogP contribution in [-0.2, 0) is 4.79 Å². The summed E-state index contributed by atoms with van der Waals surface area (Å²) in [5.74, 6) is 2.12. The van der Waals surface area contributed by atoms with Crippen molar-refractivity contribution >= 4 is 11.6 Å². The minimum Gasteiger partial charge on any atom is -0.496 e. The second-order valence-corrected chi connectivity index (χ2v) is 7.37. The van der Waals surface area contributed by atoms with E-state index in [2.05, 4.69) is 20.6 Å². The Labute approximate surface area is 191 Å². The van der Waals surface area contributed by atoms with Gasteiger partial charge in [-0.2, -0.15) is 4.52 Å². The monoisotopic (exact) mass is 447 g/mol. The number of ether oxygens (including phenoxy) is 3. The van der Waals surface area contributed by atoms with E-state index in [0.29, 0.717) is 29.6 Å². The van der Waals surface area contributed by atoms with Crippen LogP contribution in [0.5, 0.6) is 17.4 Å². The molecule has 0 spiro atoms. The summed E-state index contributed by atoms with van der Waals surface area (Å²) in [6.45, 7) is 4.41. The number of carbonyl (C=O) groups is 1. The van der Waals surface area contributed by atoms with Gasteiger partial charge in [-0.3, -0.25) is 4.79 Å². The van der Waals surface area contributed by atoms with E-state index in [0.717, 1.165) is 22.4 Å². The Kier molecular flexibility index (Phi) is 6.68. The van der Waals surface area contributed by atoms with Crippen molar-refractivity contribution in [3.05, 3.63) is 65.7 Å². The van der Waals surface area contributed by atoms with Crippen molar-refractivity contribution in [2.24, 2.45) is 0 Å². The van der Waals surface area contributed by atoms with Crippen LogP contribution in [0.3, 0.4) is 0 Å². The highest BCUT2D eigenvalue weighted by Gasteiger charge is 2.14. The first kappa shape index (κ1) is 22.1. The van der Waals surface area contributed by atoms with Crippen molar-refractivity contribution in [1.82, 2.24) is 25.1 Å². The molecule has 2 aromatic heterocycles. The van der Waals surface area contributed by atoms with Crippen LogP contribution in [0, 0.1) is 13.8 Å². The smallest absolute Gasteiger partial charge is 0.258 e. The average Bonchev–Trinajstić information content (AvgIpc) is 3.24. The molecule has 0 fully saturated rings. The van der Waals surface area contributed by atoms with Gasteiger partial charge in [-0.1, -0.05) is 30.3 Å². The number of para-hydroxylation sites is 2. The minimum absolute atomic E-state index is 0.0567. The van der Waals surface area contributed by atoms with Gasteiger partial charge in [-0.15, -0.1) is 15.3 Å². The normalized spacial score (nSPS) is 10.8. The third kappa shape index (κ3) is 5.03. The molecule has 2 heterocycles. The highest BCUT2D eigenvalue weighted by atomic mass is 16.5. The summed E-state index contributed by atoms with van der Waals surface area (Å²) in [6.07, 6.45) is 0. The summed E-state index contributed by atoms with van der Waals surface area (Å²) in [5, 5.41) is 15.7. The van der Waals surface area contributed by atoms with Gasteiger partial charge in [-0.25, -0.2) is 0 Å². The van der Waals surface area contributed by atoms with Crippen molar-refractivity contribution in [2.75, 3.05) is 26.9 Å². The Morgan fingerprint density at radius 2 is 1.76 bits per heavy atom. The fourth-order valence-electron chi connectivity index (χ4n) is 3.41. The number of aryl methyl sites for hydroxylation is 2. The molecule has 1 N–H and O–H groups in total. The lowest BCUT2D eigenvalue weighted by molar-refractivity contribution is -0.123. The predicted molar refractivity (Wildman–Crippen MR) is 123 cm³/mol. The van der Waals surface area contributed by atoms with Gasteiger partial charge in [0.1, 0.15) is 18.1 Å². The third-order valence-electron chi connectivity index (χ3n) is 5.02. The zero-order chi connectivity index (χ0) is 23.2. The fourth-order valence-corrected chi connectivity index (χ4v) is 3.41. The zero-order valence-electron chi connectivity index (χ0n) is 18.7. The number of aromatic nitrogens is 4. The molecule has 9 heteroatoms. The topological polar surface area (TPSA) is 99.9 Å². The predicted octanol–water partition coefficient (Wildman–Crippen LogP) is 2.99. The van der Waals surface area contributed by atoms with Crippen molar-refractivity contribution in [1.29, 1.82) is 0 Å². The lowest BCUT2D eigenvalue weighted by Crippen LogP contribution is -2.32. The summed E-state index contributed by atoms with van der Waals surface area (Å²) >= 11 is 0. The van der Waals surface area contributed by atoms with Gasteiger partial charge in [0.25, 0.3) is 5.91 Å². The number of benzene rings is 2. The summed E-state index contributed by atoms with van der Waals surface area (Å²) in [7, 11) is 1.60. The number of nitrogens with zero attached hydrogens (tertiary/aromatic N) is 4. The third-order valence-corrected chi connectivity index (χ3v) is 5.02. The molecule has 0 aliphatic rings. The maximum atomic E-state index is 12.1. The quantitative estimate of drug-likeness (QED) is 0.394. The SMILES string of the molecule is COc1ccccc1-c1nnc2ccc(OCCNC(=O)COc3c(C)cccc3C)nn12. The Balaban J connectivity index is 1.33. The van der Waals surface area contributed by atoms with Gasteiger partial charge in [-0.05, 0) is 43.2 Å². The van der Waals surface area contributed by atoms with E-state index in [9.17, 15) is 4.79 Å². The van der Waals surface area contributed by atoms with E-state index in [-0.39, 0.29) is 19.1 Å². The van der Waals surface area contributed by atoms with E-state index in [1.54, 1.807) is 23.8 Å². The second-order valence-electron chi connectivity index (χ2n) is 7.37. The fraction of sp³-hybridized carbons (Fsp3) is 0.250. The van der Waals surface area contributed by atoms with Gasteiger partial charge in [0.05, 0.1) is 19.2 Å². The number of amides is 1. The van der Waals surface area contributed by atoms with Crippen LogP contribution in [0.4, 0.5) is 0 Å². The molecule has 0 radical (unpaired) electrons. The Bertz CT molecular complexity index is 1250. The molecule has 0 aliphatic heterocycles. The van der Waals surface area contributed by atoms with Crippen molar-refractivity contribution in [2.45, 2.75) is 13.8 Å². The zero-order valence-corrected chi connectivity index (χ0v) is 18.7. The maximum absolute atomic E-state index is 12.1. The van der Waals surface area contributed by atoms with Crippen LogP contribution in [0.25, 0.3) is 17.0 Å². The van der Waals surface area contributed by atoms with Crippen LogP contribution in [0.2, 0.25) is 0 Å². The van der Waals surface area contributed by atoms with Crippen LogP contribution < -0.4 is 19.5 Å². The molecule has 0 aliphatic carbocycles. The van der Waals surface area contributed by atoms with E-state index >= 15 is 0 Å². The van der Waals surface area contributed by atoms with E-state index in [1.807, 2.05) is 56.3 Å². The van der Waals surface area contributed by atoms with Crippen LogP contribution >= 0.6 is 0 Å². The summed E-state index contributed by atoms with van der Waals surface area (Å²) in [5.41, 5.74) is 3.34. The van der Waals surface area contributed by atoms with Crippen molar-refractivity contribution in [3.63, 3.8) is 0 Å². The largest absolute Gasteiger partial charge is 0.496 e. The van der Waals surface area contributed by atoms with Crippen LogP contribution in [0.15, 0.2) is 54.6 Å². The molecule has 0 unspecified atom stereocenters. The molecule has 9 nitrogen and oxygen atoms in total. The highest BCUT2D eigenvalue weighted by Crippen LogP contribution is 2.28. The first-order valence-electron chi connectivity index (χ1n) is 10.5. The second kappa shape index (κ2) is 9.99. The lowest BCUT2D eigenvalue weighted by atomic mass is 10.1. The number of methoxy groups -OCH3 is 1. The van der Waals surface area contributed by atoms with Gasteiger partial charge >= 0.3 is 0 Å². The number of carbonyl (C=O) groups excluding carboxylic acids is 1. The molecule has 1 amide bonds. The van der Waals surface area contributed by atoms with Crippen LogP contribution in [0.1, 0.15) is 11.1 Å². The van der Waals surface area contributed by atoms with Crippen molar-refractivity contribution in [3.8, 4) is 28.8 Å². The molecule has 2 aromatic carbocycles. The number of hydrogen-bond donors (Lipinski definition) is 1. The van der Waals surface area contributed by atoms with Gasteiger partial charge in [0.2, 0.25) is 5.88 Å². The van der Waals surface area contributed by atoms with E-state index < -0.39 is 0 Å². The number of nitrogens with one attached hydrogen (secondary N) is 1. The standard InChI is InChI=1S/C24H25N5O4/c1-16-7-6-8-17(2)23(16)33-15-21(30)25-13-14-32-22-12-11-20-26-27-24(29(20)28-22)18-9-4-5-10-19(18)31-3/h4-12H,13-15H2,1-3H3,(H,25,30). The molecule has 0 bridgehead atoms. The molecule has 0 saturated heterocycles. The van der Waals surface area contributed by atoms with E-state index in [1.165, 1.54) is 0 Å². The molecule has 4 rings (SSSR count). The lowest BCUT2D eigenvalue weighted by Gasteiger charge is -2.12. The van der Waals surface area contributed by atoms with Gasteiger partial charge in [0.15, 0.2) is 18.1 Å². The number of fused-ring (bicyclic) bond motifs is 1. The molecule has 4 aromatic rings. The Morgan fingerprint density at radius 3 is 2.55 bits per heavy atom. The Morgan fingerprint density at radius 1 is 0.970 bits per heavy atom. The average molecular weight is 447 g/mol. The van der Waals surface area contributed by atoms with E-state index in [4.69, 9.17) is 14.2 Å². The minimum atomic E-state index is -0.220. The molecular weight excluding hydrogens is 422 g/mol. The summed E-state index contributed by atoms with van der Waals surface area (Å²) < 4.78 is 18.4. The number of rotatable bonds is 9. The molecule has 170 valence electrons. The molecule has 0 atom stereocenters.